The summed E-state index contributed by atoms with van der Waals surface area (Å²) in [4.78, 5) is 0. The predicted octanol–water partition coefficient (Wildman–Crippen LogP) is 2.52. The molecule has 20 heavy (non-hydrogen) atoms. The third-order valence-corrected chi connectivity index (χ3v) is 3.38. The molecule has 2 aromatic carbocycles. The normalized spacial score (nSPS) is 10.6. The molecule has 0 bridgehead atoms. The Balaban J connectivity index is 2.23. The Labute approximate surface area is 119 Å². The molecule has 0 amide bonds. The zero-order valence-corrected chi connectivity index (χ0v) is 11.5. The van der Waals surface area contributed by atoms with Crippen LogP contribution >= 0.6 is 0 Å². The fourth-order valence-corrected chi connectivity index (χ4v) is 2.16. The quantitative estimate of drug-likeness (QED) is 0.821. The molecule has 2 nitrogen and oxygen atoms in total. The molecule has 0 aliphatic rings. The lowest BCUT2D eigenvalue weighted by Crippen LogP contribution is -2.29. The molecule has 0 aromatic heterocycles. The lowest BCUT2D eigenvalue weighted by atomic mass is 9.79. The van der Waals surface area contributed by atoms with E-state index in [1.165, 1.54) is 11.6 Å². The summed E-state index contributed by atoms with van der Waals surface area (Å²) in [6.45, 7) is 2.15. The van der Waals surface area contributed by atoms with Gasteiger partial charge in [-0.15, -0.1) is 0 Å². The maximum absolute atomic E-state index is 14.0. The van der Waals surface area contributed by atoms with E-state index in [0.717, 1.165) is 30.9 Å². The van der Waals surface area contributed by atoms with Crippen LogP contribution in [-0.2, 0) is 6.42 Å². The van der Waals surface area contributed by atoms with Crippen molar-refractivity contribution in [3.05, 3.63) is 53.8 Å². The molecule has 104 valence electrons. The smallest absolute Gasteiger partial charge is 0.423 e. The molecule has 0 atom stereocenters. The Morgan fingerprint density at radius 1 is 1.05 bits per heavy atom. The van der Waals surface area contributed by atoms with Gasteiger partial charge in [0.05, 0.1) is 0 Å². The molecule has 2 aromatic rings. The predicted molar refractivity (Wildman–Crippen MR) is 80.3 cm³/mol. The SMILES string of the molecule is CCCCc1ccc(-c2ccc(B(O)O)cc2F)cc1. The van der Waals surface area contributed by atoms with Gasteiger partial charge in [0, 0.05) is 5.56 Å². The molecule has 0 fully saturated rings. The topological polar surface area (TPSA) is 40.5 Å². The standard InChI is InChI=1S/C16H18BFO2/c1-2-3-4-12-5-7-13(8-6-12)15-10-9-14(17(19)20)11-16(15)18/h5-11,19-20H,2-4H2,1H3. The summed E-state index contributed by atoms with van der Waals surface area (Å²) in [6, 6.07) is 12.1. The summed E-state index contributed by atoms with van der Waals surface area (Å²) < 4.78 is 14.0. The zero-order chi connectivity index (χ0) is 14.5. The number of hydrogen-bond acceptors (Lipinski definition) is 2. The molecule has 0 aliphatic carbocycles. The van der Waals surface area contributed by atoms with Gasteiger partial charge in [0.2, 0.25) is 0 Å². The minimum Gasteiger partial charge on any atom is -0.423 e. The van der Waals surface area contributed by atoms with Crippen LogP contribution in [0.1, 0.15) is 25.3 Å². The first-order valence-corrected chi connectivity index (χ1v) is 6.86. The van der Waals surface area contributed by atoms with E-state index in [4.69, 9.17) is 10.0 Å². The average Bonchev–Trinajstić information content (AvgIpc) is 2.45. The van der Waals surface area contributed by atoms with E-state index < -0.39 is 12.9 Å². The van der Waals surface area contributed by atoms with Gasteiger partial charge in [-0.2, -0.15) is 0 Å². The molecule has 4 heteroatoms. The first-order valence-electron chi connectivity index (χ1n) is 6.86. The number of unbranched alkanes of at least 4 members (excludes halogenated alkanes) is 1. The van der Waals surface area contributed by atoms with Crippen LogP contribution in [0.4, 0.5) is 4.39 Å². The van der Waals surface area contributed by atoms with Crippen molar-refractivity contribution < 1.29 is 14.4 Å². The van der Waals surface area contributed by atoms with E-state index in [2.05, 4.69) is 6.92 Å². The highest BCUT2D eigenvalue weighted by atomic mass is 19.1. The monoisotopic (exact) mass is 272 g/mol. The van der Waals surface area contributed by atoms with Crippen LogP contribution in [0, 0.1) is 5.82 Å². The maximum Gasteiger partial charge on any atom is 0.488 e. The van der Waals surface area contributed by atoms with Crippen LogP contribution in [0.3, 0.4) is 0 Å². The lowest BCUT2D eigenvalue weighted by Gasteiger charge is -2.07. The second kappa shape index (κ2) is 6.68. The lowest BCUT2D eigenvalue weighted by molar-refractivity contribution is 0.425. The first-order chi connectivity index (χ1) is 9.61. The molecule has 0 saturated carbocycles. The summed E-state index contributed by atoms with van der Waals surface area (Å²) in [5, 5.41) is 18.0. The minimum absolute atomic E-state index is 0.158. The molecule has 0 heterocycles. The highest BCUT2D eigenvalue weighted by Gasteiger charge is 2.14. The van der Waals surface area contributed by atoms with Crippen molar-refractivity contribution in [2.75, 3.05) is 0 Å². The summed E-state index contributed by atoms with van der Waals surface area (Å²) in [7, 11) is -1.64. The van der Waals surface area contributed by atoms with Crippen molar-refractivity contribution in [3.8, 4) is 11.1 Å². The summed E-state index contributed by atoms with van der Waals surface area (Å²) in [6.07, 6.45) is 3.34. The van der Waals surface area contributed by atoms with Gasteiger partial charge in [0.15, 0.2) is 0 Å². The molecular weight excluding hydrogens is 254 g/mol. The van der Waals surface area contributed by atoms with Crippen molar-refractivity contribution in [1.29, 1.82) is 0 Å². The Kier molecular flexibility index (Phi) is 4.93. The fourth-order valence-electron chi connectivity index (χ4n) is 2.16. The van der Waals surface area contributed by atoms with Crippen LogP contribution in [0.25, 0.3) is 11.1 Å². The van der Waals surface area contributed by atoms with E-state index in [9.17, 15) is 4.39 Å². The second-order valence-electron chi connectivity index (χ2n) is 4.91. The van der Waals surface area contributed by atoms with E-state index in [0.29, 0.717) is 5.56 Å². The molecule has 0 unspecified atom stereocenters. The van der Waals surface area contributed by atoms with E-state index in [1.54, 1.807) is 6.07 Å². The molecule has 2 N–H and O–H groups in total. The summed E-state index contributed by atoms with van der Waals surface area (Å²) >= 11 is 0. The second-order valence-corrected chi connectivity index (χ2v) is 4.91. The molecule has 0 spiro atoms. The number of benzene rings is 2. The van der Waals surface area contributed by atoms with Crippen LogP contribution in [0.15, 0.2) is 42.5 Å². The van der Waals surface area contributed by atoms with Gasteiger partial charge in [-0.1, -0.05) is 49.7 Å². The average molecular weight is 272 g/mol. The van der Waals surface area contributed by atoms with Crippen molar-refractivity contribution in [2.45, 2.75) is 26.2 Å². The highest BCUT2D eigenvalue weighted by molar-refractivity contribution is 6.58. The van der Waals surface area contributed by atoms with Gasteiger partial charge >= 0.3 is 7.12 Å². The van der Waals surface area contributed by atoms with Crippen LogP contribution in [0.2, 0.25) is 0 Å². The number of hydrogen-bond donors (Lipinski definition) is 2. The van der Waals surface area contributed by atoms with E-state index in [-0.39, 0.29) is 5.46 Å². The molecule has 2 rings (SSSR count). The van der Waals surface area contributed by atoms with Crippen molar-refractivity contribution in [1.82, 2.24) is 0 Å². The molecule has 0 aliphatic heterocycles. The van der Waals surface area contributed by atoms with Gasteiger partial charge in [0.25, 0.3) is 0 Å². The Hall–Kier alpha value is -1.65. The van der Waals surface area contributed by atoms with E-state index >= 15 is 0 Å². The molecular formula is C16H18BFO2. The Morgan fingerprint density at radius 2 is 1.75 bits per heavy atom. The third-order valence-electron chi connectivity index (χ3n) is 3.38. The molecule has 0 radical (unpaired) electrons. The van der Waals surface area contributed by atoms with Crippen LogP contribution in [-0.4, -0.2) is 17.2 Å². The summed E-state index contributed by atoms with van der Waals surface area (Å²) in [5.41, 5.74) is 2.67. The third kappa shape index (κ3) is 3.47. The van der Waals surface area contributed by atoms with Gasteiger partial charge in [-0.25, -0.2) is 4.39 Å². The fraction of sp³-hybridized carbons (Fsp3) is 0.250. The van der Waals surface area contributed by atoms with E-state index in [1.807, 2.05) is 24.3 Å². The summed E-state index contributed by atoms with van der Waals surface area (Å²) in [5.74, 6) is -0.447. The van der Waals surface area contributed by atoms with Crippen molar-refractivity contribution in [3.63, 3.8) is 0 Å². The first kappa shape index (κ1) is 14.8. The van der Waals surface area contributed by atoms with Crippen LogP contribution < -0.4 is 5.46 Å². The Bertz CT molecular complexity index is 567. The Morgan fingerprint density at radius 3 is 2.30 bits per heavy atom. The number of halogens is 1. The largest absolute Gasteiger partial charge is 0.488 e. The van der Waals surface area contributed by atoms with Gasteiger partial charge in [-0.05, 0) is 35.5 Å². The van der Waals surface area contributed by atoms with Crippen molar-refractivity contribution >= 4 is 12.6 Å². The number of rotatable bonds is 5. The molecule has 0 saturated heterocycles. The van der Waals surface area contributed by atoms with Gasteiger partial charge < -0.3 is 10.0 Å². The van der Waals surface area contributed by atoms with Crippen LogP contribution in [0.5, 0.6) is 0 Å². The van der Waals surface area contributed by atoms with Gasteiger partial charge in [0.1, 0.15) is 5.82 Å². The maximum atomic E-state index is 14.0. The highest BCUT2D eigenvalue weighted by Crippen LogP contribution is 2.22. The minimum atomic E-state index is -1.64. The van der Waals surface area contributed by atoms with Gasteiger partial charge in [-0.3, -0.25) is 0 Å². The van der Waals surface area contributed by atoms with Crippen molar-refractivity contribution in [2.24, 2.45) is 0 Å². The zero-order valence-electron chi connectivity index (χ0n) is 11.5. The number of aryl methyl sites for hydroxylation is 1.